The lowest BCUT2D eigenvalue weighted by Gasteiger charge is -1.94. The first-order chi connectivity index (χ1) is 7.16. The van der Waals surface area contributed by atoms with E-state index in [-0.39, 0.29) is 5.65 Å². The van der Waals surface area contributed by atoms with E-state index in [9.17, 15) is 9.59 Å². The third kappa shape index (κ3) is 2.53. The molecule has 0 radical (unpaired) electrons. The second-order valence-electron chi connectivity index (χ2n) is 2.46. The van der Waals surface area contributed by atoms with Crippen molar-refractivity contribution in [2.75, 3.05) is 0 Å². The molecule has 0 saturated heterocycles. The molecule has 80 valence electrons. The van der Waals surface area contributed by atoms with Crippen LogP contribution in [-0.2, 0) is 0 Å². The molecule has 0 amide bonds. The van der Waals surface area contributed by atoms with Gasteiger partial charge in [-0.1, -0.05) is 13.8 Å². The number of aromatic amines is 2. The van der Waals surface area contributed by atoms with Gasteiger partial charge in [0.25, 0.3) is 5.56 Å². The average molecular weight is 272 g/mol. The topological polar surface area (TPSA) is 78.6 Å². The highest BCUT2D eigenvalue weighted by Gasteiger charge is 2.01. The van der Waals surface area contributed by atoms with Gasteiger partial charge >= 0.3 is 5.69 Å². The van der Waals surface area contributed by atoms with Crippen LogP contribution in [0.3, 0.4) is 0 Å². The van der Waals surface area contributed by atoms with Crippen molar-refractivity contribution in [2.24, 2.45) is 0 Å². The fraction of sp³-hybridized carbons (Fsp3) is 0.222. The quantitative estimate of drug-likeness (QED) is 0.760. The summed E-state index contributed by atoms with van der Waals surface area (Å²) in [4.78, 5) is 30.4. The molecule has 5 nitrogen and oxygen atoms in total. The first kappa shape index (κ1) is 11.6. The van der Waals surface area contributed by atoms with Gasteiger partial charge in [0.1, 0.15) is 5.65 Å². The molecule has 2 aromatic rings. The van der Waals surface area contributed by atoms with Crippen molar-refractivity contribution in [3.63, 3.8) is 0 Å². The second kappa shape index (κ2) is 4.88. The van der Waals surface area contributed by atoms with E-state index in [0.717, 1.165) is 0 Å². The molecular formula is C9H10BrN3O2. The van der Waals surface area contributed by atoms with E-state index in [0.29, 0.717) is 9.86 Å². The normalized spacial score (nSPS) is 9.53. The molecule has 0 bridgehead atoms. The number of H-pyrrole nitrogens is 2. The minimum atomic E-state index is -0.549. The summed E-state index contributed by atoms with van der Waals surface area (Å²) in [6.45, 7) is 4.00. The monoisotopic (exact) mass is 271 g/mol. The fourth-order valence-electron chi connectivity index (χ4n) is 1.02. The van der Waals surface area contributed by atoms with Crippen LogP contribution >= 0.6 is 15.9 Å². The van der Waals surface area contributed by atoms with E-state index >= 15 is 0 Å². The molecule has 2 heterocycles. The molecule has 15 heavy (non-hydrogen) atoms. The number of nitrogens with one attached hydrogen (secondary N) is 2. The Hall–Kier alpha value is -1.43. The van der Waals surface area contributed by atoms with Gasteiger partial charge in [-0.2, -0.15) is 0 Å². The molecule has 2 aromatic heterocycles. The highest BCUT2D eigenvalue weighted by molar-refractivity contribution is 9.10. The maximum Gasteiger partial charge on any atom is 0.327 e. The van der Waals surface area contributed by atoms with E-state index in [2.05, 4.69) is 30.9 Å². The van der Waals surface area contributed by atoms with Gasteiger partial charge in [-0.15, -0.1) is 0 Å². The van der Waals surface area contributed by atoms with Gasteiger partial charge in [0.2, 0.25) is 0 Å². The molecule has 0 saturated carbocycles. The fourth-order valence-corrected chi connectivity index (χ4v) is 1.35. The van der Waals surface area contributed by atoms with Crippen LogP contribution in [0.1, 0.15) is 13.8 Å². The molecule has 2 N–H and O–H groups in total. The number of halogens is 1. The Labute approximate surface area is 93.7 Å². The Morgan fingerprint density at radius 1 is 1.27 bits per heavy atom. The van der Waals surface area contributed by atoms with Crippen molar-refractivity contribution in [3.05, 3.63) is 37.6 Å². The molecule has 0 fully saturated rings. The second-order valence-corrected chi connectivity index (χ2v) is 3.37. The van der Waals surface area contributed by atoms with Crippen molar-refractivity contribution in [1.29, 1.82) is 0 Å². The van der Waals surface area contributed by atoms with E-state index in [1.807, 2.05) is 13.8 Å². The highest BCUT2D eigenvalue weighted by atomic mass is 79.9. The smallest absolute Gasteiger partial charge is 0.291 e. The van der Waals surface area contributed by atoms with Crippen LogP contribution in [0.4, 0.5) is 0 Å². The van der Waals surface area contributed by atoms with Gasteiger partial charge < -0.3 is 0 Å². The highest BCUT2D eigenvalue weighted by Crippen LogP contribution is 2.10. The summed E-state index contributed by atoms with van der Waals surface area (Å²) in [7, 11) is 0. The summed E-state index contributed by atoms with van der Waals surface area (Å²) in [5.74, 6) is 0. The zero-order valence-corrected chi connectivity index (χ0v) is 9.88. The Kier molecular flexibility index (Phi) is 3.79. The summed E-state index contributed by atoms with van der Waals surface area (Å²) in [6, 6.07) is 1.59. The molecule has 0 aliphatic rings. The van der Waals surface area contributed by atoms with Gasteiger partial charge in [-0.3, -0.25) is 14.8 Å². The summed E-state index contributed by atoms with van der Waals surface area (Å²) >= 11 is 3.18. The van der Waals surface area contributed by atoms with Crippen molar-refractivity contribution in [2.45, 2.75) is 13.8 Å². The number of hydrogen-bond acceptors (Lipinski definition) is 3. The summed E-state index contributed by atoms with van der Waals surface area (Å²) < 4.78 is 0.692. The molecule has 0 unspecified atom stereocenters. The van der Waals surface area contributed by atoms with E-state index in [4.69, 9.17) is 0 Å². The summed E-state index contributed by atoms with van der Waals surface area (Å²) in [5, 5.41) is 0.356. The maximum absolute atomic E-state index is 11.2. The standard InChI is InChI=1S/C7H4BrN3O2.C2H6/c8-3-1-4-5(9-2-3)10-7(13)11-6(4)12;1-2/h1-2H,(H2,9,10,11,12,13);1-2H3. The molecule has 0 aromatic carbocycles. The van der Waals surface area contributed by atoms with E-state index in [1.54, 1.807) is 6.07 Å². The van der Waals surface area contributed by atoms with Crippen molar-refractivity contribution >= 4 is 27.0 Å². The van der Waals surface area contributed by atoms with Gasteiger partial charge in [0.05, 0.1) is 5.39 Å². The van der Waals surface area contributed by atoms with Crippen LogP contribution in [0.25, 0.3) is 11.0 Å². The molecule has 0 atom stereocenters. The first-order valence-corrected chi connectivity index (χ1v) is 5.24. The summed E-state index contributed by atoms with van der Waals surface area (Å²) in [6.07, 6.45) is 1.51. The van der Waals surface area contributed by atoms with E-state index < -0.39 is 11.2 Å². The molecular weight excluding hydrogens is 262 g/mol. The molecule has 0 aliphatic heterocycles. The Bertz CT molecular complexity index is 573. The molecule has 6 heteroatoms. The number of rotatable bonds is 0. The molecule has 0 spiro atoms. The summed E-state index contributed by atoms with van der Waals surface area (Å²) in [5.41, 5.74) is -0.697. The minimum Gasteiger partial charge on any atom is -0.291 e. The number of fused-ring (bicyclic) bond motifs is 1. The number of pyridine rings is 1. The predicted octanol–water partition coefficient (Wildman–Crippen LogP) is 1.40. The van der Waals surface area contributed by atoms with Crippen LogP contribution in [0.2, 0.25) is 0 Å². The predicted molar refractivity (Wildman–Crippen MR) is 62.0 cm³/mol. The lowest BCUT2D eigenvalue weighted by atomic mass is 10.3. The number of aromatic nitrogens is 3. The Morgan fingerprint density at radius 3 is 2.60 bits per heavy atom. The van der Waals surface area contributed by atoms with Gasteiger partial charge in [-0.25, -0.2) is 9.78 Å². The van der Waals surface area contributed by atoms with Crippen molar-refractivity contribution in [1.82, 2.24) is 15.0 Å². The van der Waals surface area contributed by atoms with Crippen molar-refractivity contribution < 1.29 is 0 Å². The third-order valence-electron chi connectivity index (χ3n) is 1.56. The largest absolute Gasteiger partial charge is 0.327 e. The zero-order chi connectivity index (χ0) is 11.4. The average Bonchev–Trinajstić information content (AvgIpc) is 2.22. The number of hydrogen-bond donors (Lipinski definition) is 2. The van der Waals surface area contributed by atoms with Crippen LogP contribution in [0, 0.1) is 0 Å². The van der Waals surface area contributed by atoms with Gasteiger partial charge in [0.15, 0.2) is 0 Å². The van der Waals surface area contributed by atoms with Crippen LogP contribution in [0.15, 0.2) is 26.3 Å². The molecule has 2 rings (SSSR count). The third-order valence-corrected chi connectivity index (χ3v) is 1.99. The molecule has 0 aliphatic carbocycles. The minimum absolute atomic E-state index is 0.289. The van der Waals surface area contributed by atoms with Crippen molar-refractivity contribution in [3.8, 4) is 0 Å². The van der Waals surface area contributed by atoms with Crippen LogP contribution in [-0.4, -0.2) is 15.0 Å². The SMILES string of the molecule is CC.O=c1[nH]c(=O)c2cc(Br)cnc2[nH]1. The zero-order valence-electron chi connectivity index (χ0n) is 8.30. The van der Waals surface area contributed by atoms with E-state index in [1.165, 1.54) is 6.20 Å². The lowest BCUT2D eigenvalue weighted by molar-refractivity contribution is 1.06. The Morgan fingerprint density at radius 2 is 1.93 bits per heavy atom. The first-order valence-electron chi connectivity index (χ1n) is 4.45. The van der Waals surface area contributed by atoms with Crippen LogP contribution < -0.4 is 11.2 Å². The van der Waals surface area contributed by atoms with Gasteiger partial charge in [-0.05, 0) is 22.0 Å². The number of nitrogens with zero attached hydrogens (tertiary/aromatic N) is 1. The van der Waals surface area contributed by atoms with Gasteiger partial charge in [0, 0.05) is 10.7 Å². The van der Waals surface area contributed by atoms with Crippen LogP contribution in [0.5, 0.6) is 0 Å². The lowest BCUT2D eigenvalue weighted by Crippen LogP contribution is -2.22. The Balaban J connectivity index is 0.000000531. The maximum atomic E-state index is 11.2.